The van der Waals surface area contributed by atoms with Crippen molar-refractivity contribution in [3.8, 4) is 0 Å². The van der Waals surface area contributed by atoms with Gasteiger partial charge in [-0.2, -0.15) is 0 Å². The van der Waals surface area contributed by atoms with Crippen molar-refractivity contribution >= 4 is 5.82 Å². The number of pyridine rings is 1. The Hall–Kier alpha value is -1.13. The highest BCUT2D eigenvalue weighted by molar-refractivity contribution is 5.42. The molecule has 0 amide bonds. The molecule has 4 heteroatoms. The van der Waals surface area contributed by atoms with Gasteiger partial charge in [-0.1, -0.05) is 13.0 Å². The van der Waals surface area contributed by atoms with Crippen molar-refractivity contribution in [2.45, 2.75) is 46.7 Å². The highest BCUT2D eigenvalue weighted by Crippen LogP contribution is 2.17. The fraction of sp³-hybridized carbons (Fsp3) is 0.706. The van der Waals surface area contributed by atoms with Crippen LogP contribution < -0.4 is 10.2 Å². The average Bonchev–Trinajstić information content (AvgIpc) is 2.45. The van der Waals surface area contributed by atoms with Gasteiger partial charge >= 0.3 is 0 Å². The molecule has 0 saturated carbocycles. The Bertz CT molecular complexity index is 456. The van der Waals surface area contributed by atoms with E-state index in [1.165, 1.54) is 5.56 Å². The third kappa shape index (κ3) is 4.68. The van der Waals surface area contributed by atoms with Crippen LogP contribution in [0.2, 0.25) is 0 Å². The number of aryl methyl sites for hydroxylation is 1. The molecule has 4 nitrogen and oxygen atoms in total. The molecule has 1 aliphatic rings. The second-order valence-electron chi connectivity index (χ2n) is 6.94. The molecule has 1 fully saturated rings. The molecule has 1 aromatic heterocycles. The first kappa shape index (κ1) is 16.2. The van der Waals surface area contributed by atoms with Gasteiger partial charge in [0.1, 0.15) is 5.82 Å². The standard InChI is InChI=1S/C17H30N4/c1-6-20-9-11-21(12-10-20)16-8-7-15(14(2)19-16)13-18-17(3,4)5/h7-8,18H,6,9-13H2,1-5H3. The third-order valence-electron chi connectivity index (χ3n) is 4.13. The summed E-state index contributed by atoms with van der Waals surface area (Å²) in [5.41, 5.74) is 2.57. The lowest BCUT2D eigenvalue weighted by molar-refractivity contribution is 0.270. The molecule has 0 aromatic carbocycles. The van der Waals surface area contributed by atoms with E-state index >= 15 is 0 Å². The van der Waals surface area contributed by atoms with E-state index in [0.29, 0.717) is 0 Å². The zero-order chi connectivity index (χ0) is 15.5. The van der Waals surface area contributed by atoms with Crippen LogP contribution in [0.3, 0.4) is 0 Å². The predicted octanol–water partition coefficient (Wildman–Crippen LogP) is 2.42. The number of piperazine rings is 1. The van der Waals surface area contributed by atoms with E-state index < -0.39 is 0 Å². The number of anilines is 1. The first-order valence-electron chi connectivity index (χ1n) is 8.08. The SMILES string of the molecule is CCN1CCN(c2ccc(CNC(C)(C)C)c(C)n2)CC1. The molecule has 118 valence electrons. The van der Waals surface area contributed by atoms with Crippen LogP contribution in [0.4, 0.5) is 5.82 Å². The maximum absolute atomic E-state index is 4.82. The molecule has 1 N–H and O–H groups in total. The molecule has 0 radical (unpaired) electrons. The molecule has 0 spiro atoms. The molecule has 1 aromatic rings. The molecule has 1 aliphatic heterocycles. The quantitative estimate of drug-likeness (QED) is 0.923. The largest absolute Gasteiger partial charge is 0.354 e. The number of likely N-dealkylation sites (N-methyl/N-ethyl adjacent to an activating group) is 1. The second-order valence-corrected chi connectivity index (χ2v) is 6.94. The van der Waals surface area contributed by atoms with Crippen LogP contribution >= 0.6 is 0 Å². The van der Waals surface area contributed by atoms with Gasteiger partial charge in [0.2, 0.25) is 0 Å². The minimum Gasteiger partial charge on any atom is -0.354 e. The van der Waals surface area contributed by atoms with Crippen LogP contribution in [-0.2, 0) is 6.54 Å². The Morgan fingerprint density at radius 3 is 2.33 bits per heavy atom. The van der Waals surface area contributed by atoms with Crippen molar-refractivity contribution in [3.05, 3.63) is 23.4 Å². The van der Waals surface area contributed by atoms with Crippen molar-refractivity contribution in [3.63, 3.8) is 0 Å². The number of nitrogens with one attached hydrogen (secondary N) is 1. The van der Waals surface area contributed by atoms with Crippen molar-refractivity contribution in [1.29, 1.82) is 0 Å². The van der Waals surface area contributed by atoms with Crippen molar-refractivity contribution in [2.75, 3.05) is 37.6 Å². The Balaban J connectivity index is 1.99. The van der Waals surface area contributed by atoms with E-state index in [4.69, 9.17) is 4.98 Å². The van der Waals surface area contributed by atoms with Crippen molar-refractivity contribution in [2.24, 2.45) is 0 Å². The lowest BCUT2D eigenvalue weighted by Crippen LogP contribution is -2.46. The number of hydrogen-bond donors (Lipinski definition) is 1. The summed E-state index contributed by atoms with van der Waals surface area (Å²) in [7, 11) is 0. The van der Waals surface area contributed by atoms with Crippen LogP contribution in [0, 0.1) is 6.92 Å². The smallest absolute Gasteiger partial charge is 0.128 e. The summed E-state index contributed by atoms with van der Waals surface area (Å²) in [5, 5.41) is 3.53. The van der Waals surface area contributed by atoms with Crippen LogP contribution in [0.15, 0.2) is 12.1 Å². The Morgan fingerprint density at radius 2 is 1.81 bits per heavy atom. The minimum absolute atomic E-state index is 0.140. The molecule has 0 aliphatic carbocycles. The Labute approximate surface area is 129 Å². The molecule has 0 unspecified atom stereocenters. The van der Waals surface area contributed by atoms with Crippen LogP contribution in [0.1, 0.15) is 39.0 Å². The summed E-state index contributed by atoms with van der Waals surface area (Å²) in [6, 6.07) is 4.40. The average molecular weight is 290 g/mol. The van der Waals surface area contributed by atoms with Gasteiger partial charge in [0.25, 0.3) is 0 Å². The first-order valence-corrected chi connectivity index (χ1v) is 8.08. The van der Waals surface area contributed by atoms with Gasteiger partial charge < -0.3 is 15.1 Å². The number of nitrogens with zero attached hydrogens (tertiary/aromatic N) is 3. The third-order valence-corrected chi connectivity index (χ3v) is 4.13. The number of aromatic nitrogens is 1. The molecule has 0 atom stereocenters. The topological polar surface area (TPSA) is 31.4 Å². The Morgan fingerprint density at radius 1 is 1.14 bits per heavy atom. The van der Waals surface area contributed by atoms with Crippen molar-refractivity contribution < 1.29 is 0 Å². The normalized spacial score (nSPS) is 17.3. The van der Waals surface area contributed by atoms with Crippen LogP contribution in [0.5, 0.6) is 0 Å². The van der Waals surface area contributed by atoms with E-state index in [2.05, 4.69) is 61.9 Å². The summed E-state index contributed by atoms with van der Waals surface area (Å²) < 4.78 is 0. The number of hydrogen-bond acceptors (Lipinski definition) is 4. The van der Waals surface area contributed by atoms with Crippen molar-refractivity contribution in [1.82, 2.24) is 15.2 Å². The molecule has 1 saturated heterocycles. The van der Waals surface area contributed by atoms with Gasteiger partial charge in [0.15, 0.2) is 0 Å². The second kappa shape index (κ2) is 6.75. The molecular weight excluding hydrogens is 260 g/mol. The molecule has 0 bridgehead atoms. The summed E-state index contributed by atoms with van der Waals surface area (Å²) in [4.78, 5) is 9.71. The fourth-order valence-electron chi connectivity index (χ4n) is 2.59. The van der Waals surface area contributed by atoms with E-state index in [9.17, 15) is 0 Å². The van der Waals surface area contributed by atoms with E-state index in [-0.39, 0.29) is 5.54 Å². The maximum Gasteiger partial charge on any atom is 0.128 e. The van der Waals surface area contributed by atoms with Gasteiger partial charge in [0.05, 0.1) is 0 Å². The lowest BCUT2D eigenvalue weighted by Gasteiger charge is -2.35. The molecule has 21 heavy (non-hydrogen) atoms. The minimum atomic E-state index is 0.140. The van der Waals surface area contributed by atoms with Gasteiger partial charge in [-0.05, 0) is 45.9 Å². The molecule has 2 rings (SSSR count). The highest BCUT2D eigenvalue weighted by atomic mass is 15.3. The van der Waals surface area contributed by atoms with E-state index in [1.807, 2.05) is 0 Å². The van der Waals surface area contributed by atoms with Crippen LogP contribution in [-0.4, -0.2) is 48.1 Å². The monoisotopic (exact) mass is 290 g/mol. The predicted molar refractivity (Wildman–Crippen MR) is 89.9 cm³/mol. The summed E-state index contributed by atoms with van der Waals surface area (Å²) in [5.74, 6) is 1.13. The van der Waals surface area contributed by atoms with Crippen LogP contribution in [0.25, 0.3) is 0 Å². The molecule has 2 heterocycles. The summed E-state index contributed by atoms with van der Waals surface area (Å²) in [6.45, 7) is 17.4. The fourth-order valence-corrected chi connectivity index (χ4v) is 2.59. The first-order chi connectivity index (χ1) is 9.89. The van der Waals surface area contributed by atoms with E-state index in [1.54, 1.807) is 0 Å². The zero-order valence-corrected chi connectivity index (χ0v) is 14.2. The summed E-state index contributed by atoms with van der Waals surface area (Å²) in [6.07, 6.45) is 0. The highest BCUT2D eigenvalue weighted by Gasteiger charge is 2.17. The number of rotatable bonds is 4. The van der Waals surface area contributed by atoms with Gasteiger partial charge in [0, 0.05) is 44.0 Å². The van der Waals surface area contributed by atoms with E-state index in [0.717, 1.165) is 50.8 Å². The zero-order valence-electron chi connectivity index (χ0n) is 14.2. The van der Waals surface area contributed by atoms with Gasteiger partial charge in [-0.3, -0.25) is 0 Å². The molecular formula is C17H30N4. The van der Waals surface area contributed by atoms with Gasteiger partial charge in [-0.15, -0.1) is 0 Å². The Kier molecular flexibility index (Phi) is 5.22. The maximum atomic E-state index is 4.82. The lowest BCUT2D eigenvalue weighted by atomic mass is 10.1. The summed E-state index contributed by atoms with van der Waals surface area (Å²) >= 11 is 0. The van der Waals surface area contributed by atoms with Gasteiger partial charge in [-0.25, -0.2) is 4.98 Å².